The molecule has 2 aliphatic heterocycles. The lowest BCUT2D eigenvalue weighted by atomic mass is 10.0. The first kappa shape index (κ1) is 20.7. The zero-order valence-electron chi connectivity index (χ0n) is 16.5. The molecule has 1 aromatic heterocycles. The molecule has 29 heavy (non-hydrogen) atoms. The van der Waals surface area contributed by atoms with E-state index in [2.05, 4.69) is 9.38 Å². The van der Waals surface area contributed by atoms with Gasteiger partial charge in [-0.25, -0.2) is 13.2 Å². The maximum Gasteiger partial charge on any atom is 0.342 e. The first-order valence-electron chi connectivity index (χ1n) is 8.95. The highest BCUT2D eigenvalue weighted by Crippen LogP contribution is 2.22. The molecule has 0 aliphatic carbocycles. The summed E-state index contributed by atoms with van der Waals surface area (Å²) in [6, 6.07) is 0. The topological polar surface area (TPSA) is 126 Å². The Labute approximate surface area is 168 Å². The largest absolute Gasteiger partial charge is 0.450 e. The number of ether oxygens (including phenoxy) is 1. The number of H-pyrrole nitrogens is 1. The summed E-state index contributed by atoms with van der Waals surface area (Å²) < 4.78 is 32.6. The molecule has 0 fully saturated rings. The van der Waals surface area contributed by atoms with Crippen LogP contribution in [0.2, 0.25) is 0 Å². The van der Waals surface area contributed by atoms with Gasteiger partial charge in [0, 0.05) is 24.0 Å². The van der Waals surface area contributed by atoms with Crippen LogP contribution < -0.4 is 0 Å². The van der Waals surface area contributed by atoms with Crippen molar-refractivity contribution >= 4 is 33.4 Å². The third-order valence-electron chi connectivity index (χ3n) is 4.77. The molecule has 1 aromatic rings. The molecule has 2 aliphatic rings. The van der Waals surface area contributed by atoms with Gasteiger partial charge in [-0.2, -0.15) is 0 Å². The van der Waals surface area contributed by atoms with Crippen LogP contribution in [0.5, 0.6) is 0 Å². The Morgan fingerprint density at radius 1 is 1.28 bits per heavy atom. The molecule has 1 atom stereocenters. The minimum atomic E-state index is -3.66. The van der Waals surface area contributed by atoms with Gasteiger partial charge in [0.1, 0.15) is 5.57 Å². The highest BCUT2D eigenvalue weighted by molar-refractivity contribution is 7.90. The van der Waals surface area contributed by atoms with Gasteiger partial charge in [-0.3, -0.25) is 9.59 Å². The summed E-state index contributed by atoms with van der Waals surface area (Å²) in [6.45, 7) is 6.34. The number of nitrogens with one attached hydrogen (secondary N) is 1. The Bertz CT molecular complexity index is 1110. The molecule has 0 bridgehead atoms. The highest BCUT2D eigenvalue weighted by Gasteiger charge is 2.33. The smallest absolute Gasteiger partial charge is 0.342 e. The second kappa shape index (κ2) is 7.43. The molecular weight excluding hydrogens is 398 g/mol. The molecule has 0 unspecified atom stereocenters. The van der Waals surface area contributed by atoms with E-state index >= 15 is 0 Å². The summed E-state index contributed by atoms with van der Waals surface area (Å²) in [5.41, 5.74) is 1.65. The van der Waals surface area contributed by atoms with Crippen LogP contribution in [0.15, 0.2) is 28.3 Å². The summed E-state index contributed by atoms with van der Waals surface area (Å²) in [7, 11) is -3.66. The van der Waals surface area contributed by atoms with Gasteiger partial charge in [0.25, 0.3) is 10.0 Å². The van der Waals surface area contributed by atoms with Gasteiger partial charge in [-0.1, -0.05) is 0 Å². The average molecular weight is 419 g/mol. The molecule has 9 nitrogen and oxygen atoms in total. The van der Waals surface area contributed by atoms with Gasteiger partial charge in [-0.15, -0.1) is 4.40 Å². The van der Waals surface area contributed by atoms with E-state index in [1.807, 2.05) is 0 Å². The minimum absolute atomic E-state index is 0.0193. The van der Waals surface area contributed by atoms with Crippen LogP contribution in [-0.4, -0.2) is 60.1 Å². The first-order chi connectivity index (χ1) is 13.5. The van der Waals surface area contributed by atoms with Crippen molar-refractivity contribution in [1.29, 1.82) is 0 Å². The van der Waals surface area contributed by atoms with Crippen molar-refractivity contribution in [2.24, 2.45) is 4.40 Å². The quantitative estimate of drug-likeness (QED) is 0.565. The van der Waals surface area contributed by atoms with Gasteiger partial charge in [0.2, 0.25) is 5.78 Å². The maximum absolute atomic E-state index is 12.8. The number of esters is 1. The number of hydrogen-bond donors (Lipinski definition) is 1. The number of carbonyl (C=O) groups is 3. The van der Waals surface area contributed by atoms with E-state index in [-0.39, 0.29) is 35.2 Å². The Morgan fingerprint density at radius 2 is 1.97 bits per heavy atom. The number of carbonyl (C=O) groups excluding carboxylic acids is 3. The summed E-state index contributed by atoms with van der Waals surface area (Å²) >= 11 is 0. The molecular formula is C19H21N3O6S. The zero-order chi connectivity index (χ0) is 21.5. The average Bonchev–Trinajstić information content (AvgIpc) is 2.93. The van der Waals surface area contributed by atoms with E-state index in [0.717, 1.165) is 0 Å². The fraction of sp³-hybridized carbons (Fsp3) is 0.368. The second-order valence-electron chi connectivity index (χ2n) is 6.91. The fourth-order valence-electron chi connectivity index (χ4n) is 3.38. The number of amidine groups is 1. The van der Waals surface area contributed by atoms with Crippen LogP contribution in [0.25, 0.3) is 0 Å². The Kier molecular flexibility index (Phi) is 5.31. The zero-order valence-corrected chi connectivity index (χ0v) is 17.3. The number of fused-ring (bicyclic) bond motifs is 1. The van der Waals surface area contributed by atoms with E-state index in [1.54, 1.807) is 31.0 Å². The number of rotatable bonds is 5. The van der Waals surface area contributed by atoms with Gasteiger partial charge < -0.3 is 14.6 Å². The molecule has 0 amide bonds. The lowest BCUT2D eigenvalue weighted by Crippen LogP contribution is -2.41. The first-order valence-corrected chi connectivity index (χ1v) is 10.6. The monoisotopic (exact) mass is 419 g/mol. The van der Waals surface area contributed by atoms with Crippen LogP contribution in [-0.2, 0) is 19.6 Å². The molecule has 154 valence electrons. The Balaban J connectivity index is 1.82. The SMILES string of the molecule is CC(=O)c1c(C)[nH]c(C(=O)[C@H](C)OC(=O)C2=CC=CN3CCS(=O)(=O)N=C23)c1C. The molecule has 10 heteroatoms. The number of Topliss-reactive ketones (excluding diaryl/α,β-unsaturated/α-hetero) is 2. The maximum atomic E-state index is 12.8. The molecule has 0 spiro atoms. The van der Waals surface area contributed by atoms with Crippen molar-refractivity contribution in [1.82, 2.24) is 9.88 Å². The number of ketones is 2. The van der Waals surface area contributed by atoms with Crippen LogP contribution in [0.1, 0.15) is 46.0 Å². The van der Waals surface area contributed by atoms with Gasteiger partial charge >= 0.3 is 5.97 Å². The lowest BCUT2D eigenvalue weighted by molar-refractivity contribution is -0.141. The van der Waals surface area contributed by atoms with Gasteiger partial charge in [0.15, 0.2) is 17.7 Å². The summed E-state index contributed by atoms with van der Waals surface area (Å²) in [5.74, 6) is -1.69. The highest BCUT2D eigenvalue weighted by atomic mass is 32.2. The fourth-order valence-corrected chi connectivity index (χ4v) is 4.37. The third kappa shape index (κ3) is 3.93. The molecule has 0 aromatic carbocycles. The van der Waals surface area contributed by atoms with E-state index in [0.29, 0.717) is 16.8 Å². The molecule has 1 N–H and O–H groups in total. The van der Waals surface area contributed by atoms with Crippen LogP contribution in [0.3, 0.4) is 0 Å². The molecule has 0 saturated carbocycles. The normalized spacial score (nSPS) is 18.4. The minimum Gasteiger partial charge on any atom is -0.450 e. The van der Waals surface area contributed by atoms with Crippen LogP contribution in [0, 0.1) is 13.8 Å². The predicted molar refractivity (Wildman–Crippen MR) is 105 cm³/mol. The number of aromatic amines is 1. The summed E-state index contributed by atoms with van der Waals surface area (Å²) in [6.07, 6.45) is 3.44. The number of hydrogen-bond acceptors (Lipinski definition) is 7. The number of sulfonamides is 1. The summed E-state index contributed by atoms with van der Waals surface area (Å²) in [4.78, 5) is 41.6. The molecule has 0 saturated heterocycles. The van der Waals surface area contributed by atoms with E-state index in [4.69, 9.17) is 4.74 Å². The van der Waals surface area contributed by atoms with Gasteiger partial charge in [-0.05, 0) is 45.4 Å². The van der Waals surface area contributed by atoms with Crippen molar-refractivity contribution in [3.63, 3.8) is 0 Å². The summed E-state index contributed by atoms with van der Waals surface area (Å²) in [5, 5.41) is 0. The van der Waals surface area contributed by atoms with Crippen molar-refractivity contribution < 1.29 is 27.5 Å². The second-order valence-corrected chi connectivity index (χ2v) is 8.66. The van der Waals surface area contributed by atoms with E-state index in [9.17, 15) is 22.8 Å². The standard InChI is InChI=1S/C19H21N3O6S/c1-10-15(12(3)23)11(2)20-16(10)17(24)13(4)28-19(25)14-6-5-7-22-8-9-29(26,27)21-18(14)22/h5-7,13,20H,8-9H2,1-4H3/t13-/m0/s1. The van der Waals surface area contributed by atoms with Crippen molar-refractivity contribution in [2.45, 2.75) is 33.8 Å². The third-order valence-corrected chi connectivity index (χ3v) is 5.92. The van der Waals surface area contributed by atoms with Gasteiger partial charge in [0.05, 0.1) is 11.4 Å². The van der Waals surface area contributed by atoms with Crippen molar-refractivity contribution in [2.75, 3.05) is 12.3 Å². The number of allylic oxidation sites excluding steroid dienone is 2. The lowest BCUT2D eigenvalue weighted by Gasteiger charge is -2.28. The van der Waals surface area contributed by atoms with E-state index < -0.39 is 27.9 Å². The van der Waals surface area contributed by atoms with Crippen molar-refractivity contribution in [3.8, 4) is 0 Å². The Hall–Kier alpha value is -3.01. The van der Waals surface area contributed by atoms with Crippen molar-refractivity contribution in [3.05, 3.63) is 46.4 Å². The molecule has 3 heterocycles. The van der Waals surface area contributed by atoms with E-state index in [1.165, 1.54) is 19.9 Å². The Morgan fingerprint density at radius 3 is 2.59 bits per heavy atom. The molecule has 3 rings (SSSR count). The van der Waals surface area contributed by atoms with Crippen LogP contribution in [0.4, 0.5) is 0 Å². The number of nitrogens with zero attached hydrogens (tertiary/aromatic N) is 2. The molecule has 0 radical (unpaired) electrons. The predicted octanol–water partition coefficient (Wildman–Crippen LogP) is 1.45. The van der Waals surface area contributed by atoms with Crippen LogP contribution >= 0.6 is 0 Å². The number of aryl methyl sites for hydroxylation is 1. The number of aromatic nitrogens is 1.